The van der Waals surface area contributed by atoms with Gasteiger partial charge < -0.3 is 19.3 Å². The van der Waals surface area contributed by atoms with Gasteiger partial charge in [0, 0.05) is 13.1 Å². The Labute approximate surface area is 126 Å². The summed E-state index contributed by atoms with van der Waals surface area (Å²) in [7, 11) is 1.60. The van der Waals surface area contributed by atoms with Crippen LogP contribution in [0.5, 0.6) is 11.5 Å². The molecular weight excluding hydrogens is 270 g/mol. The fourth-order valence-electron chi connectivity index (χ4n) is 2.41. The average molecular weight is 295 g/mol. The van der Waals surface area contributed by atoms with Crippen LogP contribution >= 0.6 is 0 Å². The van der Waals surface area contributed by atoms with Crippen molar-refractivity contribution in [2.45, 2.75) is 26.1 Å². The molecule has 1 aromatic rings. The molecule has 5 nitrogen and oxygen atoms in total. The van der Waals surface area contributed by atoms with Crippen LogP contribution in [0, 0.1) is 0 Å². The largest absolute Gasteiger partial charge is 0.493 e. The lowest BCUT2D eigenvalue weighted by atomic mass is 10.1. The molecule has 1 heterocycles. The molecule has 1 aliphatic heterocycles. The number of aliphatic hydroxyl groups is 1. The van der Waals surface area contributed by atoms with E-state index in [2.05, 4.69) is 11.8 Å². The smallest absolute Gasteiger partial charge is 0.161 e. The zero-order valence-corrected chi connectivity index (χ0v) is 13.0. The van der Waals surface area contributed by atoms with Gasteiger partial charge in [0.05, 0.1) is 19.8 Å². The molecule has 118 valence electrons. The first-order valence-corrected chi connectivity index (χ1v) is 7.46. The highest BCUT2D eigenvalue weighted by Crippen LogP contribution is 2.30. The van der Waals surface area contributed by atoms with Crippen molar-refractivity contribution in [2.75, 3.05) is 40.0 Å². The van der Waals surface area contributed by atoms with E-state index in [1.165, 1.54) is 0 Å². The van der Waals surface area contributed by atoms with Gasteiger partial charge in [0.1, 0.15) is 12.7 Å². The summed E-state index contributed by atoms with van der Waals surface area (Å²) in [5.41, 5.74) is 0.810. The fraction of sp³-hybridized carbons (Fsp3) is 0.625. The number of aliphatic hydroxyl groups excluding tert-OH is 1. The van der Waals surface area contributed by atoms with Gasteiger partial charge in [0.15, 0.2) is 11.5 Å². The summed E-state index contributed by atoms with van der Waals surface area (Å²) in [6.45, 7) is 8.04. The lowest BCUT2D eigenvalue weighted by Gasteiger charge is -2.31. The van der Waals surface area contributed by atoms with Crippen molar-refractivity contribution in [1.82, 2.24) is 4.90 Å². The number of morpholine rings is 1. The predicted octanol–water partition coefficient (Wildman–Crippen LogP) is 1.85. The Morgan fingerprint density at radius 2 is 2.24 bits per heavy atom. The van der Waals surface area contributed by atoms with Gasteiger partial charge in [-0.25, -0.2) is 0 Å². The zero-order valence-electron chi connectivity index (χ0n) is 13.0. The van der Waals surface area contributed by atoms with E-state index < -0.39 is 6.10 Å². The molecule has 0 radical (unpaired) electrons. The fourth-order valence-corrected chi connectivity index (χ4v) is 2.41. The highest BCUT2D eigenvalue weighted by molar-refractivity contribution is 5.43. The summed E-state index contributed by atoms with van der Waals surface area (Å²) in [5.74, 6) is 1.32. The maximum atomic E-state index is 9.60. The molecule has 21 heavy (non-hydrogen) atoms. The minimum Gasteiger partial charge on any atom is -0.493 e. The molecule has 2 rings (SSSR count). The summed E-state index contributed by atoms with van der Waals surface area (Å²) in [6, 6.07) is 5.49. The minimum atomic E-state index is -0.521. The number of methoxy groups -OCH3 is 1. The number of benzene rings is 1. The molecular formula is C16H25NO4. The van der Waals surface area contributed by atoms with Crippen LogP contribution in [0.25, 0.3) is 0 Å². The second kappa shape index (κ2) is 7.64. The maximum absolute atomic E-state index is 9.60. The van der Waals surface area contributed by atoms with Gasteiger partial charge in [-0.2, -0.15) is 0 Å². The van der Waals surface area contributed by atoms with E-state index in [4.69, 9.17) is 14.2 Å². The molecule has 1 unspecified atom stereocenters. The highest BCUT2D eigenvalue weighted by Gasteiger charge is 2.20. The van der Waals surface area contributed by atoms with Crippen molar-refractivity contribution < 1.29 is 19.3 Å². The first kappa shape index (κ1) is 16.1. The Kier molecular flexibility index (Phi) is 5.85. The molecule has 1 aliphatic rings. The minimum absolute atomic E-state index is 0.0832. The molecule has 1 aromatic carbocycles. The van der Waals surface area contributed by atoms with E-state index in [0.29, 0.717) is 18.1 Å². The lowest BCUT2D eigenvalue weighted by molar-refractivity contribution is -0.0466. The van der Waals surface area contributed by atoms with Gasteiger partial charge >= 0.3 is 0 Å². The SMILES string of the molecule is CCN1CCOC(COc2ccc([C@@H](C)O)cc2OC)C1. The Hall–Kier alpha value is -1.30. The summed E-state index contributed by atoms with van der Waals surface area (Å²) in [5, 5.41) is 9.60. The van der Waals surface area contributed by atoms with Crippen LogP contribution in [-0.4, -0.2) is 56.1 Å². The number of rotatable bonds is 6. The van der Waals surface area contributed by atoms with Gasteiger partial charge in [0.2, 0.25) is 0 Å². The Balaban J connectivity index is 1.96. The van der Waals surface area contributed by atoms with Gasteiger partial charge in [-0.15, -0.1) is 0 Å². The van der Waals surface area contributed by atoms with Crippen molar-refractivity contribution in [3.05, 3.63) is 23.8 Å². The lowest BCUT2D eigenvalue weighted by Crippen LogP contribution is -2.44. The number of ether oxygens (including phenoxy) is 3. The van der Waals surface area contributed by atoms with Crippen molar-refractivity contribution >= 4 is 0 Å². The molecule has 5 heteroatoms. The monoisotopic (exact) mass is 295 g/mol. The van der Waals surface area contributed by atoms with E-state index in [0.717, 1.165) is 31.8 Å². The molecule has 1 saturated heterocycles. The van der Waals surface area contributed by atoms with Crippen LogP contribution in [0.4, 0.5) is 0 Å². The van der Waals surface area contributed by atoms with E-state index in [1.807, 2.05) is 12.1 Å². The van der Waals surface area contributed by atoms with Crippen molar-refractivity contribution in [3.8, 4) is 11.5 Å². The molecule has 0 aromatic heterocycles. The third-order valence-electron chi connectivity index (χ3n) is 3.76. The van der Waals surface area contributed by atoms with Crippen LogP contribution in [0.3, 0.4) is 0 Å². The number of likely N-dealkylation sites (N-methyl/N-ethyl adjacent to an activating group) is 1. The van der Waals surface area contributed by atoms with Gasteiger partial charge in [-0.3, -0.25) is 4.90 Å². The number of hydrogen-bond donors (Lipinski definition) is 1. The van der Waals surface area contributed by atoms with Crippen LogP contribution in [0.15, 0.2) is 18.2 Å². The van der Waals surface area contributed by atoms with Crippen molar-refractivity contribution in [3.63, 3.8) is 0 Å². The third-order valence-corrected chi connectivity index (χ3v) is 3.76. The Bertz CT molecular complexity index is 450. The van der Waals surface area contributed by atoms with Crippen LogP contribution in [0.2, 0.25) is 0 Å². The van der Waals surface area contributed by atoms with Crippen molar-refractivity contribution in [1.29, 1.82) is 0 Å². The second-order valence-corrected chi connectivity index (χ2v) is 5.28. The molecule has 0 saturated carbocycles. The quantitative estimate of drug-likeness (QED) is 0.868. The van der Waals surface area contributed by atoms with Crippen molar-refractivity contribution in [2.24, 2.45) is 0 Å². The maximum Gasteiger partial charge on any atom is 0.161 e. The van der Waals surface area contributed by atoms with Crippen LogP contribution < -0.4 is 9.47 Å². The second-order valence-electron chi connectivity index (χ2n) is 5.28. The third kappa shape index (κ3) is 4.33. The number of nitrogens with zero attached hydrogens (tertiary/aromatic N) is 1. The van der Waals surface area contributed by atoms with Gasteiger partial charge in [0.25, 0.3) is 0 Å². The summed E-state index contributed by atoms with van der Waals surface area (Å²) >= 11 is 0. The Morgan fingerprint density at radius 3 is 2.90 bits per heavy atom. The van der Waals surface area contributed by atoms with Crippen LogP contribution in [-0.2, 0) is 4.74 Å². The topological polar surface area (TPSA) is 51.2 Å². The zero-order chi connectivity index (χ0) is 15.2. The highest BCUT2D eigenvalue weighted by atomic mass is 16.5. The molecule has 0 spiro atoms. The van der Waals surface area contributed by atoms with E-state index in [1.54, 1.807) is 20.1 Å². The predicted molar refractivity (Wildman–Crippen MR) is 81.0 cm³/mol. The number of hydrogen-bond acceptors (Lipinski definition) is 5. The molecule has 1 N–H and O–H groups in total. The van der Waals surface area contributed by atoms with Crippen LogP contribution in [0.1, 0.15) is 25.5 Å². The molecule has 0 amide bonds. The first-order chi connectivity index (χ1) is 10.1. The molecule has 2 atom stereocenters. The molecule has 0 aliphatic carbocycles. The van der Waals surface area contributed by atoms with E-state index >= 15 is 0 Å². The molecule has 0 bridgehead atoms. The first-order valence-electron chi connectivity index (χ1n) is 7.46. The van der Waals surface area contributed by atoms with E-state index in [9.17, 15) is 5.11 Å². The Morgan fingerprint density at radius 1 is 1.43 bits per heavy atom. The normalized spacial score (nSPS) is 21.0. The average Bonchev–Trinajstić information content (AvgIpc) is 2.52. The molecule has 1 fully saturated rings. The summed E-state index contributed by atoms with van der Waals surface area (Å²) < 4.78 is 16.9. The standard InChI is InChI=1S/C16H25NO4/c1-4-17-7-8-20-14(10-17)11-21-15-6-5-13(12(2)18)9-16(15)19-3/h5-6,9,12,14,18H,4,7-8,10-11H2,1-3H3/t12-,14?/m1/s1. The van der Waals surface area contributed by atoms with Gasteiger partial charge in [-0.05, 0) is 31.2 Å². The van der Waals surface area contributed by atoms with E-state index in [-0.39, 0.29) is 6.10 Å². The van der Waals surface area contributed by atoms with Gasteiger partial charge in [-0.1, -0.05) is 13.0 Å². The summed E-state index contributed by atoms with van der Waals surface area (Å²) in [6.07, 6.45) is -0.437. The summed E-state index contributed by atoms with van der Waals surface area (Å²) in [4.78, 5) is 2.35.